The summed E-state index contributed by atoms with van der Waals surface area (Å²) in [5.74, 6) is 7.43. The highest BCUT2D eigenvalue weighted by Gasteiger charge is 2.03. The minimum absolute atomic E-state index is 0.0509. The number of unbranched alkanes of at least 4 members (excludes halogenated alkanes) is 1. The van der Waals surface area contributed by atoms with Gasteiger partial charge in [0, 0.05) is 5.71 Å². The molecule has 72 valence electrons. The molecule has 1 atom stereocenters. The van der Waals surface area contributed by atoms with Crippen LogP contribution in [0, 0.1) is 0 Å². The molecule has 0 rings (SSSR count). The third-order valence-electron chi connectivity index (χ3n) is 1.67. The van der Waals surface area contributed by atoms with Crippen molar-refractivity contribution in [2.75, 3.05) is 7.05 Å². The maximum atomic E-state index is 7.43. The van der Waals surface area contributed by atoms with Gasteiger partial charge in [-0.25, -0.2) is 0 Å². The molecule has 0 aromatic heterocycles. The Morgan fingerprint density at radius 3 is 2.42 bits per heavy atom. The molecule has 1 unspecified atom stereocenters. The molecule has 1 N–H and O–H groups in total. The second-order valence-corrected chi connectivity index (χ2v) is 3.31. The second-order valence-electron chi connectivity index (χ2n) is 3.31. The average Bonchev–Trinajstić information content (AvgIpc) is 1.96. The number of nitrogens with zero attached hydrogens (tertiary/aromatic N) is 2. The van der Waals surface area contributed by atoms with Crippen LogP contribution in [-0.4, -0.2) is 23.9 Å². The van der Waals surface area contributed by atoms with E-state index in [0.717, 1.165) is 18.6 Å². The fourth-order valence-electron chi connectivity index (χ4n) is 1.03. The highest BCUT2D eigenvalue weighted by molar-refractivity contribution is 5.79. The van der Waals surface area contributed by atoms with Gasteiger partial charge in [-0.3, -0.25) is 4.99 Å². The van der Waals surface area contributed by atoms with Gasteiger partial charge in [-0.05, 0) is 27.3 Å². The van der Waals surface area contributed by atoms with E-state index in [9.17, 15) is 0 Å². The van der Waals surface area contributed by atoms with Crippen LogP contribution in [0.3, 0.4) is 0 Å². The maximum absolute atomic E-state index is 7.43. The summed E-state index contributed by atoms with van der Waals surface area (Å²) in [5, 5.41) is 1.43. The SMILES string of the molecule is CCCCC(N=C(C)C)N(C)[NH-]. The lowest BCUT2D eigenvalue weighted by Gasteiger charge is -2.29. The lowest BCUT2D eigenvalue weighted by Crippen LogP contribution is -2.23. The van der Waals surface area contributed by atoms with Crippen LogP contribution in [0.15, 0.2) is 4.99 Å². The first kappa shape index (κ1) is 11.6. The van der Waals surface area contributed by atoms with E-state index in [1.807, 2.05) is 13.8 Å². The van der Waals surface area contributed by atoms with Gasteiger partial charge in [-0.15, -0.1) is 0 Å². The van der Waals surface area contributed by atoms with Crippen LogP contribution < -0.4 is 0 Å². The topological polar surface area (TPSA) is 39.4 Å². The first-order chi connectivity index (χ1) is 5.57. The summed E-state index contributed by atoms with van der Waals surface area (Å²) in [6.07, 6.45) is 3.35. The molecule has 12 heavy (non-hydrogen) atoms. The Morgan fingerprint density at radius 1 is 1.50 bits per heavy atom. The smallest absolute Gasteiger partial charge is 0.0850 e. The highest BCUT2D eigenvalue weighted by atomic mass is 15.4. The molecule has 0 fully saturated rings. The highest BCUT2D eigenvalue weighted by Crippen LogP contribution is 2.08. The van der Waals surface area contributed by atoms with Crippen molar-refractivity contribution in [3.8, 4) is 0 Å². The number of hydrogen-bond donors (Lipinski definition) is 0. The zero-order chi connectivity index (χ0) is 9.56. The van der Waals surface area contributed by atoms with Crippen molar-refractivity contribution in [3.63, 3.8) is 0 Å². The number of rotatable bonds is 5. The van der Waals surface area contributed by atoms with Crippen molar-refractivity contribution >= 4 is 5.71 Å². The van der Waals surface area contributed by atoms with E-state index in [0.29, 0.717) is 0 Å². The summed E-state index contributed by atoms with van der Waals surface area (Å²) < 4.78 is 0. The molecule has 0 amide bonds. The zero-order valence-corrected chi connectivity index (χ0v) is 8.59. The molecular formula is C9H20N3-. The summed E-state index contributed by atoms with van der Waals surface area (Å²) >= 11 is 0. The van der Waals surface area contributed by atoms with Crippen LogP contribution in [0.5, 0.6) is 0 Å². The molecule has 0 aliphatic rings. The maximum Gasteiger partial charge on any atom is 0.0850 e. The van der Waals surface area contributed by atoms with Crippen LogP contribution in [-0.2, 0) is 0 Å². The molecule has 0 saturated heterocycles. The van der Waals surface area contributed by atoms with Crippen LogP contribution in [0.4, 0.5) is 0 Å². The Balaban J connectivity index is 3.96. The van der Waals surface area contributed by atoms with Crippen molar-refractivity contribution in [3.05, 3.63) is 5.84 Å². The predicted octanol–water partition coefficient (Wildman–Crippen LogP) is 2.88. The van der Waals surface area contributed by atoms with E-state index in [4.69, 9.17) is 5.84 Å². The molecule has 0 aromatic carbocycles. The van der Waals surface area contributed by atoms with Crippen LogP contribution in [0.1, 0.15) is 40.0 Å². The van der Waals surface area contributed by atoms with Gasteiger partial charge in [0.05, 0.1) is 6.17 Å². The quantitative estimate of drug-likeness (QED) is 0.462. The molecule has 0 radical (unpaired) electrons. The summed E-state index contributed by atoms with van der Waals surface area (Å²) in [6.45, 7) is 6.11. The fraction of sp³-hybridized carbons (Fsp3) is 0.889. The van der Waals surface area contributed by atoms with Crippen LogP contribution in [0.2, 0.25) is 0 Å². The third-order valence-corrected chi connectivity index (χ3v) is 1.67. The van der Waals surface area contributed by atoms with E-state index in [1.165, 1.54) is 11.4 Å². The molecule has 0 aliphatic carbocycles. The molecule has 0 aromatic rings. The van der Waals surface area contributed by atoms with Gasteiger partial charge >= 0.3 is 0 Å². The van der Waals surface area contributed by atoms with Crippen molar-refractivity contribution in [1.29, 1.82) is 0 Å². The average molecular weight is 170 g/mol. The number of nitrogens with one attached hydrogen (secondary N) is 1. The summed E-state index contributed by atoms with van der Waals surface area (Å²) in [6, 6.07) is 0. The van der Waals surface area contributed by atoms with E-state index in [-0.39, 0.29) is 6.17 Å². The molecule has 0 saturated carbocycles. The molecule has 0 spiro atoms. The van der Waals surface area contributed by atoms with E-state index < -0.39 is 0 Å². The largest absolute Gasteiger partial charge is 0.608 e. The molecule has 0 heterocycles. The Hall–Kier alpha value is -0.410. The van der Waals surface area contributed by atoms with Crippen molar-refractivity contribution < 1.29 is 0 Å². The summed E-state index contributed by atoms with van der Waals surface area (Å²) in [4.78, 5) is 4.37. The molecule has 0 bridgehead atoms. The van der Waals surface area contributed by atoms with Gasteiger partial charge in [0.15, 0.2) is 0 Å². The first-order valence-corrected chi connectivity index (χ1v) is 4.53. The molecular weight excluding hydrogens is 150 g/mol. The lowest BCUT2D eigenvalue weighted by molar-refractivity contribution is 0.316. The Bertz CT molecular complexity index is 137. The molecule has 0 aliphatic heterocycles. The Kier molecular flexibility index (Phi) is 5.93. The minimum Gasteiger partial charge on any atom is -0.608 e. The van der Waals surface area contributed by atoms with Crippen LogP contribution in [0.25, 0.3) is 5.84 Å². The third kappa shape index (κ3) is 5.27. The van der Waals surface area contributed by atoms with E-state index in [2.05, 4.69) is 11.9 Å². The second kappa shape index (κ2) is 6.14. The molecule has 3 heteroatoms. The standard InChI is InChI=1S/C9H20N3/c1-5-6-7-9(12(4)10)11-8(2)3/h9-10H,5-7H2,1-4H3/q-1. The number of aliphatic imine (C=N–C) groups is 1. The Morgan fingerprint density at radius 2 is 2.08 bits per heavy atom. The van der Waals surface area contributed by atoms with Gasteiger partial charge in [-0.1, -0.05) is 19.8 Å². The van der Waals surface area contributed by atoms with Crippen molar-refractivity contribution in [1.82, 2.24) is 5.01 Å². The van der Waals surface area contributed by atoms with Gasteiger partial charge in [0.25, 0.3) is 0 Å². The van der Waals surface area contributed by atoms with E-state index >= 15 is 0 Å². The lowest BCUT2D eigenvalue weighted by atomic mass is 10.2. The predicted molar refractivity (Wildman–Crippen MR) is 54.2 cm³/mol. The Labute approximate surface area is 75.6 Å². The summed E-state index contributed by atoms with van der Waals surface area (Å²) in [7, 11) is 1.76. The normalized spacial score (nSPS) is 13.2. The molecule has 3 nitrogen and oxygen atoms in total. The van der Waals surface area contributed by atoms with Gasteiger partial charge in [0.1, 0.15) is 0 Å². The number of hydrogen-bond acceptors (Lipinski definition) is 2. The van der Waals surface area contributed by atoms with Gasteiger partial charge < -0.3 is 10.9 Å². The minimum atomic E-state index is 0.0509. The van der Waals surface area contributed by atoms with Gasteiger partial charge in [0.2, 0.25) is 0 Å². The summed E-state index contributed by atoms with van der Waals surface area (Å²) in [5.41, 5.74) is 1.05. The first-order valence-electron chi connectivity index (χ1n) is 4.53. The van der Waals surface area contributed by atoms with E-state index in [1.54, 1.807) is 7.05 Å². The zero-order valence-electron chi connectivity index (χ0n) is 8.59. The van der Waals surface area contributed by atoms with Crippen LogP contribution >= 0.6 is 0 Å². The van der Waals surface area contributed by atoms with Crippen molar-refractivity contribution in [2.45, 2.75) is 46.2 Å². The van der Waals surface area contributed by atoms with Gasteiger partial charge in [-0.2, -0.15) is 0 Å². The fourth-order valence-corrected chi connectivity index (χ4v) is 1.03. The monoisotopic (exact) mass is 170 g/mol. The van der Waals surface area contributed by atoms with Crippen molar-refractivity contribution in [2.24, 2.45) is 4.99 Å².